The van der Waals surface area contributed by atoms with Gasteiger partial charge in [0.05, 0.1) is 6.10 Å². The van der Waals surface area contributed by atoms with Crippen molar-refractivity contribution in [3.63, 3.8) is 0 Å². The van der Waals surface area contributed by atoms with Crippen LogP contribution in [0.5, 0.6) is 0 Å². The maximum absolute atomic E-state index is 10.2. The minimum absolute atomic E-state index is 0.0415. The normalized spacial score (nSPS) is 20.3. The molecule has 0 bridgehead atoms. The van der Waals surface area contributed by atoms with Crippen LogP contribution in [0, 0.1) is 6.92 Å². The van der Waals surface area contributed by atoms with Gasteiger partial charge in [-0.15, -0.1) is 0 Å². The first-order chi connectivity index (χ1) is 9.04. The van der Waals surface area contributed by atoms with Crippen molar-refractivity contribution < 1.29 is 5.11 Å². The van der Waals surface area contributed by atoms with Gasteiger partial charge < -0.3 is 10.0 Å². The molecule has 0 radical (unpaired) electrons. The monoisotopic (exact) mass is 263 g/mol. The van der Waals surface area contributed by atoms with Crippen LogP contribution in [0.15, 0.2) is 24.3 Å². The topological polar surface area (TPSA) is 23.5 Å². The number of nitrogens with zero attached hydrogens (tertiary/aromatic N) is 1. The lowest BCUT2D eigenvalue weighted by Crippen LogP contribution is -2.47. The summed E-state index contributed by atoms with van der Waals surface area (Å²) >= 11 is 0. The van der Waals surface area contributed by atoms with Gasteiger partial charge in [-0.1, -0.05) is 43.7 Å². The standard InChI is InChI=1S/C15H23NO.C2H6/c1-12-4-6-14(7-5-12)15(13(2)17)8-10-16(3)11-9-15;1-2/h4-7,13,17H,8-11H2,1-3H3;1-2H3. The molecule has 1 heterocycles. The Hall–Kier alpha value is -0.860. The van der Waals surface area contributed by atoms with E-state index in [2.05, 4.69) is 43.1 Å². The molecule has 0 aromatic heterocycles. The van der Waals surface area contributed by atoms with Crippen LogP contribution in [0.1, 0.15) is 44.7 Å². The second-order valence-electron chi connectivity index (χ2n) is 5.50. The average Bonchev–Trinajstić information content (AvgIpc) is 2.43. The molecular weight excluding hydrogens is 234 g/mol. The molecule has 2 nitrogen and oxygen atoms in total. The first-order valence-corrected chi connectivity index (χ1v) is 7.48. The van der Waals surface area contributed by atoms with Gasteiger partial charge in [-0.25, -0.2) is 0 Å². The molecule has 2 rings (SSSR count). The summed E-state index contributed by atoms with van der Waals surface area (Å²) in [6, 6.07) is 8.68. The zero-order valence-corrected chi connectivity index (χ0v) is 13.1. The summed E-state index contributed by atoms with van der Waals surface area (Å²) in [5.74, 6) is 0. The lowest BCUT2D eigenvalue weighted by Gasteiger charge is -2.43. The van der Waals surface area contributed by atoms with Crippen molar-refractivity contribution in [1.29, 1.82) is 0 Å². The molecule has 2 heteroatoms. The lowest BCUT2D eigenvalue weighted by molar-refractivity contribution is 0.0486. The highest BCUT2D eigenvalue weighted by Gasteiger charge is 2.39. The van der Waals surface area contributed by atoms with Crippen molar-refractivity contribution in [3.8, 4) is 0 Å². The number of aliphatic hydroxyl groups is 1. The fourth-order valence-electron chi connectivity index (χ4n) is 2.85. The van der Waals surface area contributed by atoms with Crippen LogP contribution >= 0.6 is 0 Å². The Morgan fingerprint density at radius 3 is 2.00 bits per heavy atom. The number of likely N-dealkylation sites (tertiary alicyclic amines) is 1. The van der Waals surface area contributed by atoms with Crippen molar-refractivity contribution in [2.45, 2.75) is 52.1 Å². The molecule has 1 atom stereocenters. The highest BCUT2D eigenvalue weighted by Crippen LogP contribution is 2.38. The summed E-state index contributed by atoms with van der Waals surface area (Å²) in [6.07, 6.45) is 1.81. The quantitative estimate of drug-likeness (QED) is 0.884. The van der Waals surface area contributed by atoms with Crippen LogP contribution in [-0.4, -0.2) is 36.2 Å². The summed E-state index contributed by atoms with van der Waals surface area (Å²) in [6.45, 7) is 10.2. The van der Waals surface area contributed by atoms with Crippen LogP contribution in [-0.2, 0) is 5.41 Å². The minimum Gasteiger partial charge on any atom is -0.392 e. The molecule has 1 fully saturated rings. The third-order valence-corrected chi connectivity index (χ3v) is 4.31. The Balaban J connectivity index is 0.000000861. The van der Waals surface area contributed by atoms with Crippen LogP contribution in [0.2, 0.25) is 0 Å². The molecule has 19 heavy (non-hydrogen) atoms. The highest BCUT2D eigenvalue weighted by molar-refractivity contribution is 5.30. The van der Waals surface area contributed by atoms with Crippen LogP contribution < -0.4 is 0 Å². The van der Waals surface area contributed by atoms with Gasteiger partial charge in [0, 0.05) is 5.41 Å². The predicted octanol–water partition coefficient (Wildman–Crippen LogP) is 3.37. The zero-order valence-electron chi connectivity index (χ0n) is 13.1. The first-order valence-electron chi connectivity index (χ1n) is 7.48. The van der Waals surface area contributed by atoms with E-state index in [1.807, 2.05) is 20.8 Å². The predicted molar refractivity (Wildman–Crippen MR) is 82.6 cm³/mol. The summed E-state index contributed by atoms with van der Waals surface area (Å²) < 4.78 is 0. The van der Waals surface area contributed by atoms with Crippen LogP contribution in [0.3, 0.4) is 0 Å². The third-order valence-electron chi connectivity index (χ3n) is 4.31. The number of rotatable bonds is 2. The number of aryl methyl sites for hydroxylation is 1. The summed E-state index contributed by atoms with van der Waals surface area (Å²) in [5, 5.41) is 10.2. The number of piperidine rings is 1. The van der Waals surface area contributed by atoms with Crippen LogP contribution in [0.25, 0.3) is 0 Å². The lowest BCUT2D eigenvalue weighted by atomic mass is 9.69. The summed E-state index contributed by atoms with van der Waals surface area (Å²) in [7, 11) is 2.15. The summed E-state index contributed by atoms with van der Waals surface area (Å²) in [4.78, 5) is 2.34. The van der Waals surface area contributed by atoms with Crippen molar-refractivity contribution in [2.24, 2.45) is 0 Å². The molecule has 108 valence electrons. The van der Waals surface area contributed by atoms with E-state index in [0.717, 1.165) is 25.9 Å². The number of hydrogen-bond acceptors (Lipinski definition) is 2. The van der Waals surface area contributed by atoms with Gasteiger partial charge in [-0.05, 0) is 52.4 Å². The maximum atomic E-state index is 10.2. The maximum Gasteiger partial charge on any atom is 0.0609 e. The smallest absolute Gasteiger partial charge is 0.0609 e. The van der Waals surface area contributed by atoms with E-state index < -0.39 is 0 Å². The largest absolute Gasteiger partial charge is 0.392 e. The number of hydrogen-bond donors (Lipinski definition) is 1. The highest BCUT2D eigenvalue weighted by atomic mass is 16.3. The SMILES string of the molecule is CC.Cc1ccc(C2(C(C)O)CCN(C)CC2)cc1. The number of aliphatic hydroxyl groups excluding tert-OH is 1. The minimum atomic E-state index is -0.279. The van der Waals surface area contributed by atoms with E-state index in [4.69, 9.17) is 0 Å². The van der Waals surface area contributed by atoms with E-state index >= 15 is 0 Å². The van der Waals surface area contributed by atoms with Gasteiger partial charge in [0.25, 0.3) is 0 Å². The molecule has 1 unspecified atom stereocenters. The Bertz CT molecular complexity index is 361. The molecule has 0 spiro atoms. The molecule has 1 aliphatic rings. The molecule has 1 N–H and O–H groups in total. The Kier molecular flexibility index (Phi) is 6.02. The molecule has 0 amide bonds. The van der Waals surface area contributed by atoms with Crippen molar-refractivity contribution in [3.05, 3.63) is 35.4 Å². The van der Waals surface area contributed by atoms with Crippen LogP contribution in [0.4, 0.5) is 0 Å². The number of benzene rings is 1. The van der Waals surface area contributed by atoms with Gasteiger partial charge in [-0.3, -0.25) is 0 Å². The van der Waals surface area contributed by atoms with Gasteiger partial charge in [-0.2, -0.15) is 0 Å². The van der Waals surface area contributed by atoms with E-state index in [0.29, 0.717) is 0 Å². The molecule has 1 saturated heterocycles. The van der Waals surface area contributed by atoms with Crippen molar-refractivity contribution in [2.75, 3.05) is 20.1 Å². The van der Waals surface area contributed by atoms with Crippen molar-refractivity contribution in [1.82, 2.24) is 4.90 Å². The van der Waals surface area contributed by atoms with Crippen molar-refractivity contribution >= 4 is 0 Å². The average molecular weight is 263 g/mol. The molecule has 0 saturated carbocycles. The fourth-order valence-corrected chi connectivity index (χ4v) is 2.85. The molecule has 1 aromatic rings. The van der Waals surface area contributed by atoms with Gasteiger partial charge >= 0.3 is 0 Å². The molecule has 0 aliphatic carbocycles. The van der Waals surface area contributed by atoms with E-state index in [1.165, 1.54) is 11.1 Å². The molecule has 1 aromatic carbocycles. The fraction of sp³-hybridized carbons (Fsp3) is 0.647. The van der Waals surface area contributed by atoms with E-state index in [1.54, 1.807) is 0 Å². The molecule has 1 aliphatic heterocycles. The van der Waals surface area contributed by atoms with E-state index in [9.17, 15) is 5.11 Å². The first kappa shape index (κ1) is 16.2. The van der Waals surface area contributed by atoms with Gasteiger partial charge in [0.2, 0.25) is 0 Å². The second kappa shape index (κ2) is 7.06. The Morgan fingerprint density at radius 1 is 1.11 bits per heavy atom. The van der Waals surface area contributed by atoms with E-state index in [-0.39, 0.29) is 11.5 Å². The third kappa shape index (κ3) is 3.58. The van der Waals surface area contributed by atoms with Gasteiger partial charge in [0.1, 0.15) is 0 Å². The molecular formula is C17H29NO. The van der Waals surface area contributed by atoms with Gasteiger partial charge in [0.15, 0.2) is 0 Å². The second-order valence-corrected chi connectivity index (χ2v) is 5.50. The summed E-state index contributed by atoms with van der Waals surface area (Å²) in [5.41, 5.74) is 2.54. The Morgan fingerprint density at radius 2 is 1.58 bits per heavy atom. The Labute approximate surface area is 118 Å². The zero-order chi connectivity index (χ0) is 14.5.